The number of methoxy groups -OCH3 is 1. The zero-order valence-corrected chi connectivity index (χ0v) is 26.2. The number of hydrogen-bond acceptors (Lipinski definition) is 8. The molecule has 10 nitrogen and oxygen atoms in total. The van der Waals surface area contributed by atoms with Gasteiger partial charge >= 0.3 is 0 Å². The van der Waals surface area contributed by atoms with Crippen LogP contribution in [0, 0.1) is 0 Å². The van der Waals surface area contributed by atoms with Gasteiger partial charge in [0.05, 0.1) is 0 Å². The molecule has 11 heteroatoms. The van der Waals surface area contributed by atoms with E-state index in [-0.39, 0.29) is 23.0 Å². The Morgan fingerprint density at radius 3 is 2.33 bits per heavy atom. The van der Waals surface area contributed by atoms with Gasteiger partial charge in [0, 0.05) is 43.3 Å². The molecule has 2 aromatic rings. The molecule has 0 saturated carbocycles. The summed E-state index contributed by atoms with van der Waals surface area (Å²) in [5.41, 5.74) is 12.5. The van der Waals surface area contributed by atoms with Crippen LogP contribution in [0.3, 0.4) is 0 Å². The summed E-state index contributed by atoms with van der Waals surface area (Å²) in [6.07, 6.45) is 8.34. The molecule has 0 aliphatic carbocycles. The minimum absolute atomic E-state index is 0.00660. The van der Waals surface area contributed by atoms with E-state index in [1.54, 1.807) is 7.11 Å². The van der Waals surface area contributed by atoms with Crippen molar-refractivity contribution in [3.05, 3.63) is 56.6 Å². The number of aromatic nitrogens is 2. The normalized spacial score (nSPS) is 20.3. The predicted molar refractivity (Wildman–Crippen MR) is 169 cm³/mol. The molecule has 42 heavy (non-hydrogen) atoms. The van der Waals surface area contributed by atoms with Crippen LogP contribution in [0.15, 0.2) is 29.1 Å². The number of rotatable bonds is 8. The van der Waals surface area contributed by atoms with E-state index in [1.807, 2.05) is 18.9 Å². The van der Waals surface area contributed by atoms with Crippen LogP contribution in [0.5, 0.6) is 0 Å². The molecule has 2 aliphatic heterocycles. The average Bonchev–Trinajstić information content (AvgIpc) is 2.98. The van der Waals surface area contributed by atoms with E-state index in [2.05, 4.69) is 45.7 Å². The Labute approximate surface area is 255 Å². The quantitative estimate of drug-likeness (QED) is 0.402. The first kappa shape index (κ1) is 35.4. The number of nitrogens with one attached hydrogen (secondary N) is 1. The molecule has 234 valence electrons. The molecule has 2 fully saturated rings. The first-order valence-electron chi connectivity index (χ1n) is 15.0. The minimum atomic E-state index is -0.767. The smallest absolute Gasteiger partial charge is 0.270 e. The van der Waals surface area contributed by atoms with Crippen LogP contribution in [0.25, 0.3) is 0 Å². The third-order valence-corrected chi connectivity index (χ3v) is 8.32. The van der Waals surface area contributed by atoms with Crippen molar-refractivity contribution in [3.8, 4) is 0 Å². The SMILES string of the molecule is C=O.CCC1CC(c2nc(N)c(C(N)=O)[nH]c2=O)CCCCN1C1CCN(Cc2ccc(Cl)cc2)CC1.CCCOC. The Hall–Kier alpha value is -2.79. The number of anilines is 1. The lowest BCUT2D eigenvalue weighted by Gasteiger charge is -2.44. The number of carbonyl (C=O) groups is 2. The van der Waals surface area contributed by atoms with E-state index in [4.69, 9.17) is 32.6 Å². The molecule has 5 N–H and O–H groups in total. The molecule has 0 bridgehead atoms. The van der Waals surface area contributed by atoms with Gasteiger partial charge in [-0.3, -0.25) is 19.4 Å². The lowest BCUT2D eigenvalue weighted by molar-refractivity contribution is -0.0980. The minimum Gasteiger partial charge on any atom is -0.385 e. The molecule has 1 amide bonds. The van der Waals surface area contributed by atoms with Crippen LogP contribution in [0.1, 0.15) is 92.9 Å². The molecule has 1 aromatic heterocycles. The highest BCUT2D eigenvalue weighted by atomic mass is 35.5. The summed E-state index contributed by atoms with van der Waals surface area (Å²) in [5.74, 6) is -0.746. The van der Waals surface area contributed by atoms with E-state index in [1.165, 1.54) is 5.56 Å². The Bertz CT molecular complexity index is 1140. The number of H-pyrrole nitrogens is 1. The van der Waals surface area contributed by atoms with E-state index < -0.39 is 5.91 Å². The number of nitrogens with zero attached hydrogens (tertiary/aromatic N) is 3. The summed E-state index contributed by atoms with van der Waals surface area (Å²) < 4.78 is 4.69. The second-order valence-electron chi connectivity index (χ2n) is 10.9. The van der Waals surface area contributed by atoms with Crippen molar-refractivity contribution in [2.75, 3.05) is 39.1 Å². The number of piperidine rings is 1. The average molecular weight is 605 g/mol. The number of benzene rings is 1. The van der Waals surface area contributed by atoms with Gasteiger partial charge in [-0.2, -0.15) is 0 Å². The number of ether oxygens (including phenoxy) is 1. The van der Waals surface area contributed by atoms with Gasteiger partial charge in [-0.15, -0.1) is 0 Å². The summed E-state index contributed by atoms with van der Waals surface area (Å²) in [6.45, 7) is 11.4. The van der Waals surface area contributed by atoms with Crippen LogP contribution in [-0.2, 0) is 16.1 Å². The zero-order chi connectivity index (χ0) is 31.1. The predicted octanol–water partition coefficient (Wildman–Crippen LogP) is 4.37. The largest absolute Gasteiger partial charge is 0.385 e. The molecule has 0 spiro atoms. The highest BCUT2D eigenvalue weighted by molar-refractivity contribution is 6.30. The standard InChI is InChI=1S/C26H37ClN6O2.C4H10O.CH2O/c1-2-20-15-18(22-26(35)31-23(25(29)34)24(28)30-22)5-3-4-12-33(20)21-10-13-32(14-11-21)16-17-6-8-19(27)9-7-17;1-3-4-5-2;1-2/h6-9,18,20-21H,2-5,10-16H2,1H3,(H2,28,30)(H2,29,34)(H,31,35);3-4H2,1-2H3;1H2. The van der Waals surface area contributed by atoms with Gasteiger partial charge in [0.25, 0.3) is 11.5 Å². The summed E-state index contributed by atoms with van der Waals surface area (Å²) >= 11 is 6.03. The second kappa shape index (κ2) is 18.7. The maximum atomic E-state index is 12.8. The fourth-order valence-electron chi connectivity index (χ4n) is 5.98. The number of primary amides is 1. The van der Waals surface area contributed by atoms with Crippen LogP contribution in [0.2, 0.25) is 5.02 Å². The van der Waals surface area contributed by atoms with E-state index in [0.717, 1.165) is 89.2 Å². The van der Waals surface area contributed by atoms with Crippen molar-refractivity contribution in [1.29, 1.82) is 0 Å². The molecular weight excluding hydrogens is 556 g/mol. The molecule has 1 aromatic carbocycles. The molecule has 2 unspecified atom stereocenters. The van der Waals surface area contributed by atoms with Crippen LogP contribution in [0.4, 0.5) is 5.82 Å². The van der Waals surface area contributed by atoms with Gasteiger partial charge in [-0.1, -0.05) is 44.0 Å². The van der Waals surface area contributed by atoms with Gasteiger partial charge in [0.2, 0.25) is 0 Å². The molecule has 3 heterocycles. The van der Waals surface area contributed by atoms with E-state index in [0.29, 0.717) is 17.8 Å². The summed E-state index contributed by atoms with van der Waals surface area (Å²) in [7, 11) is 1.71. The first-order valence-corrected chi connectivity index (χ1v) is 15.3. The summed E-state index contributed by atoms with van der Waals surface area (Å²) in [5, 5.41) is 0.775. The zero-order valence-electron chi connectivity index (χ0n) is 25.4. The van der Waals surface area contributed by atoms with Crippen molar-refractivity contribution < 1.29 is 14.3 Å². The molecule has 4 rings (SSSR count). The maximum absolute atomic E-state index is 12.8. The molecular formula is C31H49ClN6O4. The van der Waals surface area contributed by atoms with Gasteiger partial charge in [-0.25, -0.2) is 4.98 Å². The monoisotopic (exact) mass is 604 g/mol. The van der Waals surface area contributed by atoms with Crippen LogP contribution in [-0.4, -0.2) is 77.9 Å². The molecule has 2 aliphatic rings. The Morgan fingerprint density at radius 1 is 1.12 bits per heavy atom. The maximum Gasteiger partial charge on any atom is 0.270 e. The summed E-state index contributed by atoms with van der Waals surface area (Å²) in [4.78, 5) is 44.4. The highest BCUT2D eigenvalue weighted by Gasteiger charge is 2.33. The Kier molecular flexibility index (Phi) is 15.8. The number of amides is 1. The molecule has 2 atom stereocenters. The number of nitrogens with two attached hydrogens (primary N) is 2. The molecule has 2 saturated heterocycles. The number of halogens is 1. The lowest BCUT2D eigenvalue weighted by Crippen LogP contribution is -2.50. The summed E-state index contributed by atoms with van der Waals surface area (Å²) in [6, 6.07) is 9.07. The van der Waals surface area contributed by atoms with Crippen molar-refractivity contribution in [2.24, 2.45) is 5.73 Å². The lowest BCUT2D eigenvalue weighted by atomic mass is 9.86. The van der Waals surface area contributed by atoms with E-state index >= 15 is 0 Å². The van der Waals surface area contributed by atoms with Crippen molar-refractivity contribution >= 4 is 30.1 Å². The highest BCUT2D eigenvalue weighted by Crippen LogP contribution is 2.33. The number of aromatic amines is 1. The fourth-order valence-corrected chi connectivity index (χ4v) is 6.11. The van der Waals surface area contributed by atoms with Crippen molar-refractivity contribution in [3.63, 3.8) is 0 Å². The fraction of sp³-hybridized carbons (Fsp3) is 0.613. The first-order chi connectivity index (χ1) is 20.3. The topological polar surface area (TPSA) is 148 Å². The second-order valence-corrected chi connectivity index (χ2v) is 11.4. The van der Waals surface area contributed by atoms with E-state index in [9.17, 15) is 9.59 Å². The van der Waals surface area contributed by atoms with Gasteiger partial charge in [-0.05, 0) is 82.3 Å². The number of hydrogen-bond donors (Lipinski definition) is 3. The van der Waals surface area contributed by atoms with Crippen LogP contribution >= 0.6 is 11.6 Å². The van der Waals surface area contributed by atoms with Gasteiger partial charge in [0.15, 0.2) is 5.82 Å². The number of likely N-dealkylation sites (tertiary alicyclic amines) is 2. The van der Waals surface area contributed by atoms with Crippen LogP contribution < -0.4 is 17.0 Å². The van der Waals surface area contributed by atoms with Crippen molar-refractivity contribution in [2.45, 2.75) is 89.8 Å². The third-order valence-electron chi connectivity index (χ3n) is 8.07. The Balaban J connectivity index is 0.000000797. The van der Waals surface area contributed by atoms with Gasteiger partial charge < -0.3 is 26.0 Å². The third kappa shape index (κ3) is 10.5. The number of nitrogen functional groups attached to an aromatic ring is 1. The van der Waals surface area contributed by atoms with Gasteiger partial charge in [0.1, 0.15) is 18.2 Å². The molecule has 0 radical (unpaired) electrons. The Morgan fingerprint density at radius 2 is 1.79 bits per heavy atom. The number of carbonyl (C=O) groups excluding carboxylic acids is 2. The van der Waals surface area contributed by atoms with Crippen molar-refractivity contribution in [1.82, 2.24) is 19.8 Å².